The number of carbonyl (C=O) groups is 1. The summed E-state index contributed by atoms with van der Waals surface area (Å²) in [4.78, 5) is 28.1. The van der Waals surface area contributed by atoms with Gasteiger partial charge < -0.3 is 10.7 Å². The number of amides is 1. The summed E-state index contributed by atoms with van der Waals surface area (Å²) in [5.74, 6) is 1.18. The molecule has 0 saturated carbocycles. The number of imidazole rings is 1. The second kappa shape index (κ2) is 4.96. The minimum absolute atomic E-state index is 0.204. The van der Waals surface area contributed by atoms with Crippen molar-refractivity contribution in [3.8, 4) is 0 Å². The van der Waals surface area contributed by atoms with Crippen molar-refractivity contribution in [2.45, 2.75) is 6.54 Å². The van der Waals surface area contributed by atoms with Gasteiger partial charge in [-0.1, -0.05) is 12.1 Å². The summed E-state index contributed by atoms with van der Waals surface area (Å²) < 4.78 is 0. The van der Waals surface area contributed by atoms with Gasteiger partial charge in [-0.2, -0.15) is 0 Å². The van der Waals surface area contributed by atoms with Gasteiger partial charge in [0, 0.05) is 12.4 Å². The number of carbonyl (C=O) groups excluding carboxylic acids is 1. The van der Waals surface area contributed by atoms with E-state index in [4.69, 9.17) is 5.73 Å². The van der Waals surface area contributed by atoms with E-state index >= 15 is 0 Å². The van der Waals surface area contributed by atoms with Crippen LogP contribution in [0.3, 0.4) is 0 Å². The van der Waals surface area contributed by atoms with Crippen LogP contribution in [-0.4, -0.2) is 26.3 Å². The molecule has 2 heterocycles. The number of rotatable bonds is 4. The Balaban J connectivity index is 1.92. The molecule has 7 heteroatoms. The second-order valence-corrected chi connectivity index (χ2v) is 4.20. The van der Waals surface area contributed by atoms with Gasteiger partial charge in [0.1, 0.15) is 5.82 Å². The standard InChI is InChI=1S/C13H12N6O/c14-12-13(16-6-5-15-12)19(8-20)7-11-17-9-3-1-2-4-10(9)18-11/h1-6,8H,7H2,(H2,14,15)(H,17,18). The molecular weight excluding hydrogens is 256 g/mol. The molecule has 0 unspecified atom stereocenters. The predicted octanol–water partition coefficient (Wildman–Crippen LogP) is 1.10. The van der Waals surface area contributed by atoms with E-state index in [1.165, 1.54) is 17.3 Å². The molecular formula is C13H12N6O. The minimum Gasteiger partial charge on any atom is -0.381 e. The fraction of sp³-hybridized carbons (Fsp3) is 0.0769. The smallest absolute Gasteiger partial charge is 0.215 e. The van der Waals surface area contributed by atoms with Crippen molar-refractivity contribution < 1.29 is 4.79 Å². The first kappa shape index (κ1) is 12.1. The average Bonchev–Trinajstić information content (AvgIpc) is 2.88. The molecule has 0 spiro atoms. The SMILES string of the molecule is Nc1nccnc1N(C=O)Cc1nc2ccccc2[nH]1. The van der Waals surface area contributed by atoms with Crippen molar-refractivity contribution in [3.05, 3.63) is 42.5 Å². The van der Waals surface area contributed by atoms with Crippen LogP contribution >= 0.6 is 0 Å². The van der Waals surface area contributed by atoms with Gasteiger partial charge in [0.05, 0.1) is 17.6 Å². The maximum atomic E-state index is 11.2. The zero-order chi connectivity index (χ0) is 13.9. The number of fused-ring (bicyclic) bond motifs is 1. The summed E-state index contributed by atoms with van der Waals surface area (Å²) >= 11 is 0. The minimum atomic E-state index is 0.204. The summed E-state index contributed by atoms with van der Waals surface area (Å²) in [5.41, 5.74) is 7.49. The van der Waals surface area contributed by atoms with Crippen LogP contribution in [0.25, 0.3) is 11.0 Å². The van der Waals surface area contributed by atoms with E-state index in [-0.39, 0.29) is 12.4 Å². The lowest BCUT2D eigenvalue weighted by Crippen LogP contribution is -2.23. The fourth-order valence-electron chi connectivity index (χ4n) is 1.97. The third kappa shape index (κ3) is 2.16. The third-order valence-corrected chi connectivity index (χ3v) is 2.86. The van der Waals surface area contributed by atoms with Crippen LogP contribution < -0.4 is 10.6 Å². The van der Waals surface area contributed by atoms with Crippen LogP contribution in [0.1, 0.15) is 5.82 Å². The Hall–Kier alpha value is -2.96. The van der Waals surface area contributed by atoms with Crippen LogP contribution in [0.15, 0.2) is 36.7 Å². The number of nitrogens with two attached hydrogens (primary N) is 1. The molecule has 1 amide bonds. The summed E-state index contributed by atoms with van der Waals surface area (Å²) in [6.45, 7) is 0.251. The Bertz CT molecular complexity index is 720. The molecule has 2 aromatic heterocycles. The Kier molecular flexibility index (Phi) is 3.00. The molecule has 3 aromatic rings. The Morgan fingerprint density at radius 1 is 1.25 bits per heavy atom. The number of para-hydroxylation sites is 2. The van der Waals surface area contributed by atoms with Gasteiger partial charge in [-0.25, -0.2) is 15.0 Å². The van der Waals surface area contributed by atoms with Gasteiger partial charge in [0.25, 0.3) is 0 Å². The van der Waals surface area contributed by atoms with Crippen molar-refractivity contribution in [3.63, 3.8) is 0 Å². The third-order valence-electron chi connectivity index (χ3n) is 2.86. The molecule has 0 aliphatic heterocycles. The van der Waals surface area contributed by atoms with E-state index in [1.807, 2.05) is 24.3 Å². The topological polar surface area (TPSA) is 101 Å². The first-order chi connectivity index (χ1) is 9.78. The molecule has 0 saturated heterocycles. The average molecular weight is 268 g/mol. The van der Waals surface area contributed by atoms with Crippen molar-refractivity contribution in [2.75, 3.05) is 10.6 Å². The number of nitrogens with one attached hydrogen (secondary N) is 1. The highest BCUT2D eigenvalue weighted by molar-refractivity contribution is 5.79. The molecule has 20 heavy (non-hydrogen) atoms. The maximum Gasteiger partial charge on any atom is 0.215 e. The number of hydrogen-bond acceptors (Lipinski definition) is 5. The zero-order valence-electron chi connectivity index (χ0n) is 10.5. The quantitative estimate of drug-likeness (QED) is 0.690. The highest BCUT2D eigenvalue weighted by Crippen LogP contribution is 2.18. The molecule has 0 bridgehead atoms. The predicted molar refractivity (Wildman–Crippen MR) is 74.8 cm³/mol. The number of nitrogen functional groups attached to an aromatic ring is 1. The van der Waals surface area contributed by atoms with Gasteiger partial charge in [-0.3, -0.25) is 9.69 Å². The number of anilines is 2. The van der Waals surface area contributed by atoms with Crippen molar-refractivity contribution in [1.82, 2.24) is 19.9 Å². The number of aromatic nitrogens is 4. The molecule has 100 valence electrons. The number of aromatic amines is 1. The van der Waals surface area contributed by atoms with Gasteiger partial charge in [-0.05, 0) is 12.1 Å². The summed E-state index contributed by atoms with van der Waals surface area (Å²) in [5, 5.41) is 0. The largest absolute Gasteiger partial charge is 0.381 e. The highest BCUT2D eigenvalue weighted by Gasteiger charge is 2.13. The van der Waals surface area contributed by atoms with Crippen LogP contribution in [0.4, 0.5) is 11.6 Å². The molecule has 0 radical (unpaired) electrons. The molecule has 3 rings (SSSR count). The monoisotopic (exact) mass is 268 g/mol. The van der Waals surface area contributed by atoms with E-state index in [0.29, 0.717) is 18.1 Å². The number of nitrogens with zero attached hydrogens (tertiary/aromatic N) is 4. The first-order valence-electron chi connectivity index (χ1n) is 6.00. The lowest BCUT2D eigenvalue weighted by atomic mass is 10.3. The lowest BCUT2D eigenvalue weighted by molar-refractivity contribution is -0.107. The van der Waals surface area contributed by atoms with E-state index in [9.17, 15) is 4.79 Å². The van der Waals surface area contributed by atoms with Gasteiger partial charge in [0.15, 0.2) is 11.6 Å². The molecule has 0 atom stereocenters. The summed E-state index contributed by atoms with van der Waals surface area (Å²) in [6.07, 6.45) is 3.62. The second-order valence-electron chi connectivity index (χ2n) is 4.20. The zero-order valence-corrected chi connectivity index (χ0v) is 10.5. The van der Waals surface area contributed by atoms with Crippen molar-refractivity contribution >= 4 is 29.1 Å². The fourth-order valence-corrected chi connectivity index (χ4v) is 1.97. The summed E-state index contributed by atoms with van der Waals surface area (Å²) in [7, 11) is 0. The molecule has 1 aromatic carbocycles. The summed E-state index contributed by atoms with van der Waals surface area (Å²) in [6, 6.07) is 7.65. The van der Waals surface area contributed by atoms with Crippen LogP contribution in [-0.2, 0) is 11.3 Å². The van der Waals surface area contributed by atoms with Crippen molar-refractivity contribution in [2.24, 2.45) is 0 Å². The van der Waals surface area contributed by atoms with E-state index in [1.54, 1.807) is 0 Å². The van der Waals surface area contributed by atoms with Gasteiger partial charge in [-0.15, -0.1) is 0 Å². The number of H-pyrrole nitrogens is 1. The van der Waals surface area contributed by atoms with Crippen molar-refractivity contribution in [1.29, 1.82) is 0 Å². The van der Waals surface area contributed by atoms with E-state index in [0.717, 1.165) is 11.0 Å². The highest BCUT2D eigenvalue weighted by atomic mass is 16.1. The van der Waals surface area contributed by atoms with Gasteiger partial charge in [0.2, 0.25) is 6.41 Å². The maximum absolute atomic E-state index is 11.2. The molecule has 7 nitrogen and oxygen atoms in total. The molecule has 0 fully saturated rings. The lowest BCUT2D eigenvalue weighted by Gasteiger charge is -2.15. The van der Waals surface area contributed by atoms with E-state index in [2.05, 4.69) is 19.9 Å². The number of hydrogen-bond donors (Lipinski definition) is 2. The molecule has 3 N–H and O–H groups in total. The van der Waals surface area contributed by atoms with Crippen LogP contribution in [0, 0.1) is 0 Å². The first-order valence-corrected chi connectivity index (χ1v) is 6.00. The Morgan fingerprint density at radius 2 is 2.05 bits per heavy atom. The van der Waals surface area contributed by atoms with E-state index < -0.39 is 0 Å². The Labute approximate surface area is 114 Å². The molecule has 0 aliphatic rings. The van der Waals surface area contributed by atoms with Crippen LogP contribution in [0.5, 0.6) is 0 Å². The normalized spacial score (nSPS) is 10.6. The van der Waals surface area contributed by atoms with Gasteiger partial charge >= 0.3 is 0 Å². The number of benzene rings is 1. The Morgan fingerprint density at radius 3 is 2.80 bits per heavy atom. The molecule has 0 aliphatic carbocycles. The van der Waals surface area contributed by atoms with Crippen LogP contribution in [0.2, 0.25) is 0 Å².